The molecule has 0 atom stereocenters. The molecule has 0 bridgehead atoms. The molecule has 1 N–H and O–H groups in total. The number of rotatable bonds is 1. The Morgan fingerprint density at radius 2 is 1.39 bits per heavy atom. The van der Waals surface area contributed by atoms with Gasteiger partial charge < -0.3 is 5.11 Å². The molecule has 0 unspecified atom stereocenters. The summed E-state index contributed by atoms with van der Waals surface area (Å²) in [6.45, 7) is 0. The van der Waals surface area contributed by atoms with Crippen LogP contribution in [0.3, 0.4) is 0 Å². The molecule has 0 aliphatic heterocycles. The Balaban J connectivity index is 3.56. The largest absolute Gasteiger partial charge is 0.430 e. The summed E-state index contributed by atoms with van der Waals surface area (Å²) in [5.41, 5.74) is -7.24. The van der Waals surface area contributed by atoms with Gasteiger partial charge in [0.15, 0.2) is 0 Å². The Bertz CT molecular complexity index is 437. The third kappa shape index (κ3) is 2.26. The fourth-order valence-electron chi connectivity index (χ4n) is 1.25. The van der Waals surface area contributed by atoms with E-state index in [9.17, 15) is 30.7 Å². The molecule has 18 heavy (non-hydrogen) atoms. The van der Waals surface area contributed by atoms with E-state index in [4.69, 9.17) is 16.7 Å². The zero-order valence-corrected chi connectivity index (χ0v) is 8.96. The molecule has 0 fully saturated rings. The minimum Gasteiger partial charge on any atom is -0.369 e. The molecule has 0 amide bonds. The SMILES string of the molecule is OC(c1ccc(Cl)cc1F)(C(F)(F)F)C(F)(F)F. The molecular weight excluding hydrogens is 293 g/mol. The average Bonchev–Trinajstić information content (AvgIpc) is 2.12. The van der Waals surface area contributed by atoms with Gasteiger partial charge >= 0.3 is 12.4 Å². The van der Waals surface area contributed by atoms with Gasteiger partial charge in [-0.2, -0.15) is 26.3 Å². The van der Waals surface area contributed by atoms with Crippen molar-refractivity contribution in [1.82, 2.24) is 0 Å². The molecule has 0 saturated carbocycles. The van der Waals surface area contributed by atoms with E-state index in [0.29, 0.717) is 6.07 Å². The third-order valence-corrected chi connectivity index (χ3v) is 2.38. The summed E-state index contributed by atoms with van der Waals surface area (Å²) in [5.74, 6) is -1.90. The fourth-order valence-corrected chi connectivity index (χ4v) is 1.41. The van der Waals surface area contributed by atoms with Gasteiger partial charge in [-0.05, 0) is 12.1 Å². The molecule has 1 rings (SSSR count). The van der Waals surface area contributed by atoms with E-state index in [2.05, 4.69) is 0 Å². The molecule has 0 aliphatic rings. The van der Waals surface area contributed by atoms with Crippen LogP contribution in [0.2, 0.25) is 5.02 Å². The highest BCUT2D eigenvalue weighted by Gasteiger charge is 2.72. The van der Waals surface area contributed by atoms with E-state index in [0.717, 1.165) is 0 Å². The lowest BCUT2D eigenvalue weighted by Crippen LogP contribution is -2.54. The predicted molar refractivity (Wildman–Crippen MR) is 47.4 cm³/mol. The lowest BCUT2D eigenvalue weighted by Gasteiger charge is -2.32. The molecule has 0 saturated heterocycles. The minimum absolute atomic E-state index is 0.138. The Morgan fingerprint density at radius 1 is 0.944 bits per heavy atom. The van der Waals surface area contributed by atoms with Gasteiger partial charge in [0.25, 0.3) is 5.60 Å². The van der Waals surface area contributed by atoms with Gasteiger partial charge in [-0.1, -0.05) is 17.7 Å². The molecule has 9 heteroatoms. The summed E-state index contributed by atoms with van der Waals surface area (Å²) in [6, 6.07) is 1.00. The Morgan fingerprint density at radius 3 is 1.72 bits per heavy atom. The number of benzene rings is 1. The van der Waals surface area contributed by atoms with Gasteiger partial charge in [-0.25, -0.2) is 4.39 Å². The fraction of sp³-hybridized carbons (Fsp3) is 0.333. The van der Waals surface area contributed by atoms with Gasteiger partial charge in [0.2, 0.25) is 0 Å². The highest BCUT2D eigenvalue weighted by molar-refractivity contribution is 6.30. The van der Waals surface area contributed by atoms with Crippen LogP contribution in [0.5, 0.6) is 0 Å². The highest BCUT2D eigenvalue weighted by Crippen LogP contribution is 2.50. The average molecular weight is 297 g/mol. The summed E-state index contributed by atoms with van der Waals surface area (Å²) < 4.78 is 87.5. The van der Waals surface area contributed by atoms with Crippen molar-refractivity contribution in [3.63, 3.8) is 0 Å². The van der Waals surface area contributed by atoms with Crippen LogP contribution in [0.25, 0.3) is 0 Å². The third-order valence-electron chi connectivity index (χ3n) is 2.14. The molecular formula is C9H4ClF7O. The molecule has 1 aromatic rings. The number of aliphatic hydroxyl groups is 1. The summed E-state index contributed by atoms with van der Waals surface area (Å²) in [5, 5.41) is 8.49. The smallest absolute Gasteiger partial charge is 0.369 e. The first-order chi connectivity index (χ1) is 7.91. The highest BCUT2D eigenvalue weighted by atomic mass is 35.5. The topological polar surface area (TPSA) is 20.2 Å². The van der Waals surface area contributed by atoms with Crippen molar-refractivity contribution in [3.05, 3.63) is 34.6 Å². The number of halogens is 8. The Hall–Kier alpha value is -1.02. The monoisotopic (exact) mass is 296 g/mol. The zero-order chi connectivity index (χ0) is 14.4. The van der Waals surface area contributed by atoms with Crippen molar-refractivity contribution in [1.29, 1.82) is 0 Å². The molecule has 102 valence electrons. The number of alkyl halides is 6. The van der Waals surface area contributed by atoms with E-state index in [-0.39, 0.29) is 12.1 Å². The number of hydrogen-bond donors (Lipinski definition) is 1. The normalized spacial score (nSPS) is 13.8. The van der Waals surface area contributed by atoms with Gasteiger partial charge in [0, 0.05) is 10.6 Å². The van der Waals surface area contributed by atoms with Crippen molar-refractivity contribution in [3.8, 4) is 0 Å². The Kier molecular flexibility index (Phi) is 3.57. The zero-order valence-electron chi connectivity index (χ0n) is 8.20. The summed E-state index contributed by atoms with van der Waals surface area (Å²) in [6.07, 6.45) is -12.3. The summed E-state index contributed by atoms with van der Waals surface area (Å²) in [4.78, 5) is 0. The van der Waals surface area contributed by atoms with Crippen LogP contribution >= 0.6 is 11.6 Å². The second kappa shape index (κ2) is 4.27. The minimum atomic E-state index is -6.13. The van der Waals surface area contributed by atoms with E-state index >= 15 is 0 Å². The molecule has 0 aliphatic carbocycles. The quantitative estimate of drug-likeness (QED) is 0.782. The van der Waals surface area contributed by atoms with Gasteiger partial charge in [0.1, 0.15) is 5.82 Å². The Labute approximate surface area is 101 Å². The predicted octanol–water partition coefficient (Wildman–Crippen LogP) is 3.79. The van der Waals surface area contributed by atoms with Crippen molar-refractivity contribution in [2.45, 2.75) is 18.0 Å². The van der Waals surface area contributed by atoms with Gasteiger partial charge in [0.05, 0.1) is 0 Å². The molecule has 0 radical (unpaired) electrons. The first-order valence-corrected chi connectivity index (χ1v) is 4.60. The first kappa shape index (κ1) is 15.0. The lowest BCUT2D eigenvalue weighted by atomic mass is 9.92. The summed E-state index contributed by atoms with van der Waals surface area (Å²) in [7, 11) is 0. The second-order valence-corrected chi connectivity index (χ2v) is 3.77. The van der Waals surface area contributed by atoms with Crippen molar-refractivity contribution in [2.24, 2.45) is 0 Å². The standard InChI is InChI=1S/C9H4ClF7O/c10-4-1-2-5(6(11)3-4)7(18,8(12,13)14)9(15,16)17/h1-3,18H. The van der Waals surface area contributed by atoms with Crippen LogP contribution < -0.4 is 0 Å². The first-order valence-electron chi connectivity index (χ1n) is 4.22. The molecule has 0 heterocycles. The molecule has 1 nitrogen and oxygen atoms in total. The van der Waals surface area contributed by atoms with Gasteiger partial charge in [-0.3, -0.25) is 0 Å². The van der Waals surface area contributed by atoms with Crippen LogP contribution in [0, 0.1) is 5.82 Å². The molecule has 1 aromatic carbocycles. The molecule has 0 aromatic heterocycles. The van der Waals surface area contributed by atoms with E-state index in [1.165, 1.54) is 0 Å². The van der Waals surface area contributed by atoms with Crippen molar-refractivity contribution >= 4 is 11.6 Å². The maximum atomic E-state index is 13.2. The van der Waals surface area contributed by atoms with Crippen LogP contribution in [0.15, 0.2) is 18.2 Å². The van der Waals surface area contributed by atoms with Crippen LogP contribution in [-0.4, -0.2) is 17.5 Å². The van der Waals surface area contributed by atoms with E-state index in [1.54, 1.807) is 0 Å². The van der Waals surface area contributed by atoms with Crippen LogP contribution in [0.1, 0.15) is 5.56 Å². The molecule has 0 spiro atoms. The van der Waals surface area contributed by atoms with Crippen LogP contribution in [0.4, 0.5) is 30.7 Å². The lowest BCUT2D eigenvalue weighted by molar-refractivity contribution is -0.377. The van der Waals surface area contributed by atoms with Gasteiger partial charge in [-0.15, -0.1) is 0 Å². The van der Waals surface area contributed by atoms with Crippen LogP contribution in [-0.2, 0) is 5.60 Å². The second-order valence-electron chi connectivity index (χ2n) is 3.33. The summed E-state index contributed by atoms with van der Waals surface area (Å²) >= 11 is 5.21. The van der Waals surface area contributed by atoms with E-state index < -0.39 is 34.4 Å². The maximum absolute atomic E-state index is 13.2. The van der Waals surface area contributed by atoms with E-state index in [1.807, 2.05) is 0 Å². The maximum Gasteiger partial charge on any atom is 0.430 e. The van der Waals surface area contributed by atoms with Crippen molar-refractivity contribution < 1.29 is 35.8 Å². The number of hydrogen-bond acceptors (Lipinski definition) is 1. The van der Waals surface area contributed by atoms with Crippen molar-refractivity contribution in [2.75, 3.05) is 0 Å².